The molecule has 0 aliphatic carbocycles. The van der Waals surface area contributed by atoms with Crippen LogP contribution in [0, 0.1) is 0 Å². The summed E-state index contributed by atoms with van der Waals surface area (Å²) in [5.41, 5.74) is 10.9. The molecule has 2 atom stereocenters. The zero-order valence-electron chi connectivity index (χ0n) is 8.60. The van der Waals surface area contributed by atoms with E-state index in [1.54, 1.807) is 13.0 Å². The number of hydrogen-bond donors (Lipinski definition) is 2. The van der Waals surface area contributed by atoms with Gasteiger partial charge in [0.25, 0.3) is 0 Å². The number of nitrogens with two attached hydrogens (primary N) is 2. The standard InChI is InChI=1S/C9H18N2O3/c1-7(10)3-4-8(11)9(12)14-6-5-13-2/h3-4,7-8H,5-6,10-11H2,1-2H3/b4-3-. The van der Waals surface area contributed by atoms with Crippen molar-refractivity contribution < 1.29 is 14.3 Å². The predicted octanol–water partition coefficient (Wildman–Crippen LogP) is -0.593. The second-order valence-corrected chi connectivity index (χ2v) is 2.93. The molecule has 0 saturated heterocycles. The van der Waals surface area contributed by atoms with E-state index in [-0.39, 0.29) is 12.6 Å². The molecule has 4 N–H and O–H groups in total. The van der Waals surface area contributed by atoms with Gasteiger partial charge in [-0.25, -0.2) is 0 Å². The maximum Gasteiger partial charge on any atom is 0.327 e. The van der Waals surface area contributed by atoms with Crippen LogP contribution in [0.3, 0.4) is 0 Å². The average molecular weight is 202 g/mol. The highest BCUT2D eigenvalue weighted by Crippen LogP contribution is 1.90. The quantitative estimate of drug-likeness (QED) is 0.341. The Hall–Kier alpha value is -0.910. The fourth-order valence-electron chi connectivity index (χ4n) is 0.695. The van der Waals surface area contributed by atoms with Gasteiger partial charge < -0.3 is 20.9 Å². The smallest absolute Gasteiger partial charge is 0.327 e. The van der Waals surface area contributed by atoms with E-state index >= 15 is 0 Å². The SMILES string of the molecule is COCCOC(=O)C(N)/C=C\C(C)N. The lowest BCUT2D eigenvalue weighted by Crippen LogP contribution is -2.31. The van der Waals surface area contributed by atoms with Gasteiger partial charge in [-0.1, -0.05) is 12.2 Å². The lowest BCUT2D eigenvalue weighted by atomic mass is 10.2. The molecule has 0 saturated carbocycles. The molecule has 0 heterocycles. The van der Waals surface area contributed by atoms with Crippen LogP contribution in [0.5, 0.6) is 0 Å². The molecule has 0 aromatic heterocycles. The summed E-state index contributed by atoms with van der Waals surface area (Å²) < 4.78 is 9.51. The number of methoxy groups -OCH3 is 1. The average Bonchev–Trinajstić information content (AvgIpc) is 2.14. The molecule has 0 bridgehead atoms. The molecule has 5 nitrogen and oxygen atoms in total. The van der Waals surface area contributed by atoms with Gasteiger partial charge in [0, 0.05) is 13.2 Å². The van der Waals surface area contributed by atoms with Gasteiger partial charge in [0.15, 0.2) is 0 Å². The topological polar surface area (TPSA) is 87.6 Å². The zero-order chi connectivity index (χ0) is 11.0. The number of esters is 1. The van der Waals surface area contributed by atoms with Crippen LogP contribution in [-0.2, 0) is 14.3 Å². The molecule has 0 rings (SSSR count). The highest BCUT2D eigenvalue weighted by Gasteiger charge is 2.10. The predicted molar refractivity (Wildman–Crippen MR) is 53.6 cm³/mol. The first-order valence-electron chi connectivity index (χ1n) is 4.43. The third-order valence-electron chi connectivity index (χ3n) is 1.43. The molecule has 0 aromatic carbocycles. The Morgan fingerprint density at radius 2 is 2.00 bits per heavy atom. The Bertz CT molecular complexity index is 192. The van der Waals surface area contributed by atoms with Crippen LogP contribution in [-0.4, -0.2) is 38.4 Å². The number of rotatable bonds is 6. The minimum atomic E-state index is -0.752. The van der Waals surface area contributed by atoms with Crippen molar-refractivity contribution in [1.29, 1.82) is 0 Å². The van der Waals surface area contributed by atoms with Crippen molar-refractivity contribution in [1.82, 2.24) is 0 Å². The van der Waals surface area contributed by atoms with Crippen molar-refractivity contribution in [3.8, 4) is 0 Å². The summed E-state index contributed by atoms with van der Waals surface area (Å²) in [5.74, 6) is -0.473. The van der Waals surface area contributed by atoms with Gasteiger partial charge in [0.05, 0.1) is 6.61 Å². The summed E-state index contributed by atoms with van der Waals surface area (Å²) in [6.07, 6.45) is 3.18. The Kier molecular flexibility index (Phi) is 7.00. The van der Waals surface area contributed by atoms with Crippen LogP contribution in [0.1, 0.15) is 6.92 Å². The molecule has 0 aliphatic heterocycles. The number of carbonyl (C=O) groups is 1. The first-order valence-corrected chi connectivity index (χ1v) is 4.43. The summed E-state index contributed by atoms with van der Waals surface area (Å²) in [6.45, 7) is 2.38. The second-order valence-electron chi connectivity index (χ2n) is 2.93. The lowest BCUT2D eigenvalue weighted by molar-refractivity contribution is -0.145. The first-order chi connectivity index (χ1) is 6.57. The van der Waals surface area contributed by atoms with E-state index in [0.717, 1.165) is 0 Å². The van der Waals surface area contributed by atoms with Crippen molar-refractivity contribution in [3.05, 3.63) is 12.2 Å². The number of ether oxygens (including phenoxy) is 2. The minimum absolute atomic E-state index is 0.118. The Labute approximate surface area is 84.0 Å². The molecule has 0 spiro atoms. The Morgan fingerprint density at radius 1 is 1.36 bits per heavy atom. The molecule has 0 aliphatic rings. The van der Waals surface area contributed by atoms with E-state index in [1.165, 1.54) is 13.2 Å². The molecule has 0 radical (unpaired) electrons. The van der Waals surface area contributed by atoms with E-state index in [4.69, 9.17) is 20.9 Å². The molecule has 2 unspecified atom stereocenters. The van der Waals surface area contributed by atoms with Gasteiger partial charge in [-0.15, -0.1) is 0 Å². The third kappa shape index (κ3) is 6.59. The van der Waals surface area contributed by atoms with Gasteiger partial charge in [0.1, 0.15) is 12.6 Å². The normalized spacial score (nSPS) is 15.4. The van der Waals surface area contributed by atoms with E-state index in [1.807, 2.05) is 0 Å². The first kappa shape index (κ1) is 13.1. The van der Waals surface area contributed by atoms with Crippen LogP contribution < -0.4 is 11.5 Å². The van der Waals surface area contributed by atoms with Crippen LogP contribution in [0.15, 0.2) is 12.2 Å². The van der Waals surface area contributed by atoms with Gasteiger partial charge in [0.2, 0.25) is 0 Å². The van der Waals surface area contributed by atoms with Gasteiger partial charge in [-0.3, -0.25) is 4.79 Å². The molecule has 5 heteroatoms. The minimum Gasteiger partial charge on any atom is -0.462 e. The van der Waals surface area contributed by atoms with E-state index < -0.39 is 12.0 Å². The van der Waals surface area contributed by atoms with Crippen molar-refractivity contribution in [2.24, 2.45) is 11.5 Å². The second kappa shape index (κ2) is 7.49. The van der Waals surface area contributed by atoms with Crippen LogP contribution in [0.4, 0.5) is 0 Å². The van der Waals surface area contributed by atoms with E-state index in [2.05, 4.69) is 0 Å². The zero-order valence-corrected chi connectivity index (χ0v) is 8.60. The van der Waals surface area contributed by atoms with E-state index in [9.17, 15) is 4.79 Å². The number of carbonyl (C=O) groups excluding carboxylic acids is 1. The summed E-state index contributed by atoms with van der Waals surface area (Å²) in [4.78, 5) is 11.1. The fraction of sp³-hybridized carbons (Fsp3) is 0.667. The highest BCUT2D eigenvalue weighted by atomic mass is 16.6. The summed E-state index contributed by atoms with van der Waals surface area (Å²) in [5, 5.41) is 0. The summed E-state index contributed by atoms with van der Waals surface area (Å²) >= 11 is 0. The lowest BCUT2D eigenvalue weighted by Gasteiger charge is -2.07. The fourth-order valence-corrected chi connectivity index (χ4v) is 0.695. The van der Waals surface area contributed by atoms with Crippen molar-refractivity contribution in [2.75, 3.05) is 20.3 Å². The van der Waals surface area contributed by atoms with Crippen LogP contribution >= 0.6 is 0 Å². The monoisotopic (exact) mass is 202 g/mol. The third-order valence-corrected chi connectivity index (χ3v) is 1.43. The molecule has 14 heavy (non-hydrogen) atoms. The highest BCUT2D eigenvalue weighted by molar-refractivity contribution is 5.77. The van der Waals surface area contributed by atoms with Gasteiger partial charge >= 0.3 is 5.97 Å². The Balaban J connectivity index is 3.76. The van der Waals surface area contributed by atoms with E-state index in [0.29, 0.717) is 6.61 Å². The van der Waals surface area contributed by atoms with Crippen molar-refractivity contribution >= 4 is 5.97 Å². The molecule has 0 fully saturated rings. The Morgan fingerprint density at radius 3 is 2.50 bits per heavy atom. The summed E-state index contributed by atoms with van der Waals surface area (Å²) in [6, 6.07) is -0.870. The van der Waals surface area contributed by atoms with Crippen LogP contribution in [0.2, 0.25) is 0 Å². The molecule has 0 aromatic rings. The van der Waals surface area contributed by atoms with Gasteiger partial charge in [-0.05, 0) is 6.92 Å². The maximum atomic E-state index is 11.1. The van der Waals surface area contributed by atoms with Crippen LogP contribution in [0.25, 0.3) is 0 Å². The maximum absolute atomic E-state index is 11.1. The summed E-state index contributed by atoms with van der Waals surface area (Å²) in [7, 11) is 1.53. The molecule has 0 amide bonds. The molecular weight excluding hydrogens is 184 g/mol. The van der Waals surface area contributed by atoms with Gasteiger partial charge in [-0.2, -0.15) is 0 Å². The number of hydrogen-bond acceptors (Lipinski definition) is 5. The van der Waals surface area contributed by atoms with Crippen molar-refractivity contribution in [2.45, 2.75) is 19.0 Å². The van der Waals surface area contributed by atoms with Crippen molar-refractivity contribution in [3.63, 3.8) is 0 Å². The largest absolute Gasteiger partial charge is 0.462 e. The molecular formula is C9H18N2O3. The molecule has 82 valence electrons.